The molecule has 1 fully saturated rings. The summed E-state index contributed by atoms with van der Waals surface area (Å²) in [6.45, 7) is 4.86. The van der Waals surface area contributed by atoms with Crippen molar-refractivity contribution in [3.05, 3.63) is 22.7 Å². The predicted octanol–water partition coefficient (Wildman–Crippen LogP) is 3.18. The second-order valence-corrected chi connectivity index (χ2v) is 5.54. The van der Waals surface area contributed by atoms with Crippen LogP contribution in [0.1, 0.15) is 31.5 Å². The summed E-state index contributed by atoms with van der Waals surface area (Å²) in [5.74, 6) is 1.58. The Bertz CT molecular complexity index is 603. The minimum absolute atomic E-state index is 0.577. The van der Waals surface area contributed by atoms with Crippen LogP contribution in [0.5, 0.6) is 0 Å². The van der Waals surface area contributed by atoms with E-state index in [1.54, 1.807) is 0 Å². The van der Waals surface area contributed by atoms with Crippen LogP contribution < -0.4 is 5.32 Å². The normalized spacial score (nSPS) is 14.7. The van der Waals surface area contributed by atoms with Crippen molar-refractivity contribution in [1.29, 1.82) is 0 Å². The van der Waals surface area contributed by atoms with E-state index in [-0.39, 0.29) is 0 Å². The second-order valence-electron chi connectivity index (χ2n) is 4.74. The third kappa shape index (κ3) is 2.36. The number of anilines is 1. The van der Waals surface area contributed by atoms with E-state index in [2.05, 4.69) is 47.7 Å². The van der Waals surface area contributed by atoms with Crippen molar-refractivity contribution in [2.75, 3.05) is 11.9 Å². The quantitative estimate of drug-likeness (QED) is 0.939. The number of aryl methyl sites for hydroxylation is 1. The lowest BCUT2D eigenvalue weighted by atomic mass is 10.3. The summed E-state index contributed by atoms with van der Waals surface area (Å²) in [6, 6.07) is 0.577. The fourth-order valence-electron chi connectivity index (χ4n) is 2.08. The maximum atomic E-state index is 4.61. The van der Waals surface area contributed by atoms with Gasteiger partial charge in [0.2, 0.25) is 0 Å². The zero-order chi connectivity index (χ0) is 13.4. The number of aromatic nitrogens is 4. The largest absolute Gasteiger partial charge is 0.369 e. The van der Waals surface area contributed by atoms with E-state index in [1.165, 1.54) is 12.8 Å². The maximum absolute atomic E-state index is 4.61. The number of hydrogen-bond donors (Lipinski definition) is 1. The summed E-state index contributed by atoms with van der Waals surface area (Å²) in [5, 5.41) is 3.26. The van der Waals surface area contributed by atoms with Gasteiger partial charge in [-0.1, -0.05) is 0 Å². The van der Waals surface area contributed by atoms with Crippen molar-refractivity contribution >= 4 is 21.7 Å². The Balaban J connectivity index is 2.06. The van der Waals surface area contributed by atoms with Crippen molar-refractivity contribution in [2.45, 2.75) is 32.7 Å². The molecule has 6 heteroatoms. The van der Waals surface area contributed by atoms with Crippen LogP contribution in [0.15, 0.2) is 17.0 Å². The van der Waals surface area contributed by atoms with Gasteiger partial charge in [0.15, 0.2) is 5.82 Å². The molecular weight excluding hydrogens is 306 g/mol. The number of hydrogen-bond acceptors (Lipinski definition) is 4. The minimum Gasteiger partial charge on any atom is -0.369 e. The molecular formula is C13H16BrN5. The topological polar surface area (TPSA) is 55.6 Å². The maximum Gasteiger partial charge on any atom is 0.180 e. The number of nitrogens with zero attached hydrogens (tertiary/aromatic N) is 4. The second kappa shape index (κ2) is 4.92. The Morgan fingerprint density at radius 3 is 2.89 bits per heavy atom. The molecule has 0 atom stereocenters. The first-order valence-electron chi connectivity index (χ1n) is 6.51. The van der Waals surface area contributed by atoms with Crippen LogP contribution >= 0.6 is 15.9 Å². The number of imidazole rings is 1. The SMILES string of the molecule is CCNc1nc(-c2cncn2C2CC2)nc(C)c1Br. The highest BCUT2D eigenvalue weighted by Crippen LogP contribution is 2.38. The van der Waals surface area contributed by atoms with E-state index >= 15 is 0 Å². The van der Waals surface area contributed by atoms with Gasteiger partial charge in [-0.05, 0) is 42.6 Å². The van der Waals surface area contributed by atoms with Gasteiger partial charge < -0.3 is 9.88 Å². The molecule has 2 aromatic heterocycles. The van der Waals surface area contributed by atoms with Crippen LogP contribution in [-0.4, -0.2) is 26.1 Å². The van der Waals surface area contributed by atoms with Crippen LogP contribution in [0, 0.1) is 6.92 Å². The molecule has 0 radical (unpaired) electrons. The standard InChI is InChI=1S/C13H16BrN5/c1-3-16-13-11(14)8(2)17-12(18-13)10-6-15-7-19(10)9-4-5-9/h6-7,9H,3-5H2,1-2H3,(H,16,17,18). The molecule has 0 spiro atoms. The lowest BCUT2D eigenvalue weighted by Crippen LogP contribution is -2.06. The number of nitrogens with one attached hydrogen (secondary N) is 1. The molecule has 1 N–H and O–H groups in total. The van der Waals surface area contributed by atoms with Crippen molar-refractivity contribution in [3.8, 4) is 11.5 Å². The first kappa shape index (κ1) is 12.6. The Kier molecular flexibility index (Phi) is 3.26. The third-order valence-electron chi connectivity index (χ3n) is 3.20. The fraction of sp³-hybridized carbons (Fsp3) is 0.462. The molecule has 3 rings (SSSR count). The van der Waals surface area contributed by atoms with Crippen LogP contribution in [0.25, 0.3) is 11.5 Å². The molecule has 0 unspecified atom stereocenters. The lowest BCUT2D eigenvalue weighted by Gasteiger charge is -2.11. The van der Waals surface area contributed by atoms with Gasteiger partial charge in [0.1, 0.15) is 11.5 Å². The van der Waals surface area contributed by atoms with E-state index in [0.29, 0.717) is 6.04 Å². The summed E-state index contributed by atoms with van der Waals surface area (Å²) in [5.41, 5.74) is 1.93. The molecule has 1 aliphatic rings. The zero-order valence-corrected chi connectivity index (χ0v) is 12.6. The number of halogens is 1. The lowest BCUT2D eigenvalue weighted by molar-refractivity contribution is 0.742. The van der Waals surface area contributed by atoms with Gasteiger partial charge in [0.05, 0.1) is 22.7 Å². The van der Waals surface area contributed by atoms with Crippen LogP contribution in [0.2, 0.25) is 0 Å². The van der Waals surface area contributed by atoms with Crippen molar-refractivity contribution in [3.63, 3.8) is 0 Å². The zero-order valence-electron chi connectivity index (χ0n) is 11.0. The van der Waals surface area contributed by atoms with Gasteiger partial charge >= 0.3 is 0 Å². The summed E-state index contributed by atoms with van der Waals surface area (Å²) in [6.07, 6.45) is 6.16. The van der Waals surface area contributed by atoms with Gasteiger partial charge in [0.25, 0.3) is 0 Å². The smallest absolute Gasteiger partial charge is 0.180 e. The monoisotopic (exact) mass is 321 g/mol. The number of rotatable bonds is 4. The Hall–Kier alpha value is -1.43. The highest BCUT2D eigenvalue weighted by atomic mass is 79.9. The molecule has 100 valence electrons. The molecule has 0 aliphatic heterocycles. The third-order valence-corrected chi connectivity index (χ3v) is 4.15. The Morgan fingerprint density at radius 2 is 2.21 bits per heavy atom. The Labute approximate surface area is 120 Å². The van der Waals surface area contributed by atoms with E-state index in [9.17, 15) is 0 Å². The van der Waals surface area contributed by atoms with Crippen LogP contribution in [-0.2, 0) is 0 Å². The van der Waals surface area contributed by atoms with Gasteiger partial charge in [-0.2, -0.15) is 0 Å². The summed E-state index contributed by atoms with van der Waals surface area (Å²) >= 11 is 3.53. The molecule has 0 saturated heterocycles. The predicted molar refractivity (Wildman–Crippen MR) is 78.1 cm³/mol. The average Bonchev–Trinajstić information content (AvgIpc) is 3.12. The first-order valence-corrected chi connectivity index (χ1v) is 7.30. The fourth-order valence-corrected chi connectivity index (χ4v) is 2.40. The van der Waals surface area contributed by atoms with E-state index in [1.807, 2.05) is 19.4 Å². The first-order chi connectivity index (χ1) is 9.20. The van der Waals surface area contributed by atoms with Gasteiger partial charge in [-0.3, -0.25) is 0 Å². The minimum atomic E-state index is 0.577. The molecule has 0 aromatic carbocycles. The molecule has 5 nitrogen and oxygen atoms in total. The van der Waals surface area contributed by atoms with E-state index in [4.69, 9.17) is 0 Å². The van der Waals surface area contributed by atoms with Gasteiger partial charge in [-0.15, -0.1) is 0 Å². The summed E-state index contributed by atoms with van der Waals surface area (Å²) in [4.78, 5) is 13.4. The summed E-state index contributed by atoms with van der Waals surface area (Å²) in [7, 11) is 0. The molecule has 19 heavy (non-hydrogen) atoms. The van der Waals surface area contributed by atoms with Crippen LogP contribution in [0.4, 0.5) is 5.82 Å². The van der Waals surface area contributed by atoms with E-state index in [0.717, 1.165) is 34.0 Å². The highest BCUT2D eigenvalue weighted by Gasteiger charge is 2.26. The molecule has 0 bridgehead atoms. The van der Waals surface area contributed by atoms with E-state index < -0.39 is 0 Å². The van der Waals surface area contributed by atoms with Crippen molar-refractivity contribution < 1.29 is 0 Å². The van der Waals surface area contributed by atoms with Gasteiger partial charge in [-0.25, -0.2) is 15.0 Å². The molecule has 2 aromatic rings. The molecule has 1 saturated carbocycles. The van der Waals surface area contributed by atoms with Crippen molar-refractivity contribution in [2.24, 2.45) is 0 Å². The van der Waals surface area contributed by atoms with Gasteiger partial charge in [0, 0.05) is 12.6 Å². The summed E-state index contributed by atoms with van der Waals surface area (Å²) < 4.78 is 3.11. The van der Waals surface area contributed by atoms with Crippen molar-refractivity contribution in [1.82, 2.24) is 19.5 Å². The average molecular weight is 322 g/mol. The molecule has 0 amide bonds. The Morgan fingerprint density at radius 1 is 1.42 bits per heavy atom. The highest BCUT2D eigenvalue weighted by molar-refractivity contribution is 9.10. The van der Waals surface area contributed by atoms with Crippen LogP contribution in [0.3, 0.4) is 0 Å². The molecule has 2 heterocycles. The molecule has 1 aliphatic carbocycles.